The summed E-state index contributed by atoms with van der Waals surface area (Å²) in [6.45, 7) is 8.64. The number of nitrogens with one attached hydrogen (secondary N) is 2. The predicted octanol–water partition coefficient (Wildman–Crippen LogP) is 1.51. The summed E-state index contributed by atoms with van der Waals surface area (Å²) >= 11 is 0. The van der Waals surface area contributed by atoms with Gasteiger partial charge in [-0.1, -0.05) is 20.3 Å². The molecule has 0 aromatic heterocycles. The Balaban J connectivity index is 0.00000484. The molecule has 23 heavy (non-hydrogen) atoms. The number of guanidine groups is 1. The Morgan fingerprint density at radius 2 is 2.04 bits per heavy atom. The van der Waals surface area contributed by atoms with Crippen LogP contribution in [0.25, 0.3) is 0 Å². The van der Waals surface area contributed by atoms with Gasteiger partial charge in [0.15, 0.2) is 5.96 Å². The number of carbonyl (C=O) groups is 1. The standard InChI is InChI=1S/C16H33N5O.HI/c1-5-7-10-17-16(19-13-15(22)20(3)4)18-12-14-9-8-11-21(14)6-2;/h14H,5-13H2,1-4H3,(H2,17,18,19);1H. The van der Waals surface area contributed by atoms with Crippen molar-refractivity contribution in [1.82, 2.24) is 20.4 Å². The Bertz CT molecular complexity index is 362. The van der Waals surface area contributed by atoms with E-state index < -0.39 is 0 Å². The molecule has 1 saturated heterocycles. The van der Waals surface area contributed by atoms with Gasteiger partial charge in [-0.25, -0.2) is 4.99 Å². The Morgan fingerprint density at radius 1 is 1.30 bits per heavy atom. The lowest BCUT2D eigenvalue weighted by Gasteiger charge is -2.24. The van der Waals surface area contributed by atoms with Gasteiger partial charge in [0, 0.05) is 33.2 Å². The highest BCUT2D eigenvalue weighted by molar-refractivity contribution is 14.0. The first kappa shape index (κ1) is 22.4. The monoisotopic (exact) mass is 439 g/mol. The third-order valence-electron chi connectivity index (χ3n) is 4.10. The molecule has 1 fully saturated rings. The summed E-state index contributed by atoms with van der Waals surface area (Å²) < 4.78 is 0. The minimum absolute atomic E-state index is 0. The van der Waals surface area contributed by atoms with Gasteiger partial charge in [-0.3, -0.25) is 9.69 Å². The zero-order chi connectivity index (χ0) is 16.4. The molecule has 1 atom stereocenters. The highest BCUT2D eigenvalue weighted by atomic mass is 127. The minimum Gasteiger partial charge on any atom is -0.356 e. The number of aliphatic imine (C=N–C) groups is 1. The van der Waals surface area contributed by atoms with Crippen molar-refractivity contribution in [3.63, 3.8) is 0 Å². The van der Waals surface area contributed by atoms with Gasteiger partial charge < -0.3 is 15.5 Å². The maximum Gasteiger partial charge on any atom is 0.243 e. The van der Waals surface area contributed by atoms with E-state index in [1.54, 1.807) is 19.0 Å². The van der Waals surface area contributed by atoms with Gasteiger partial charge in [-0.15, -0.1) is 24.0 Å². The molecule has 0 radical (unpaired) electrons. The van der Waals surface area contributed by atoms with Crippen LogP contribution >= 0.6 is 24.0 Å². The van der Waals surface area contributed by atoms with Crippen LogP contribution in [0, 0.1) is 0 Å². The summed E-state index contributed by atoms with van der Waals surface area (Å²) in [6, 6.07) is 0.577. The zero-order valence-electron chi connectivity index (χ0n) is 15.1. The maximum absolute atomic E-state index is 11.7. The first-order valence-corrected chi connectivity index (χ1v) is 8.54. The van der Waals surface area contributed by atoms with Gasteiger partial charge >= 0.3 is 0 Å². The van der Waals surface area contributed by atoms with E-state index in [0.29, 0.717) is 6.04 Å². The molecule has 6 nitrogen and oxygen atoms in total. The van der Waals surface area contributed by atoms with Crippen LogP contribution < -0.4 is 10.6 Å². The van der Waals surface area contributed by atoms with E-state index in [1.807, 2.05) is 0 Å². The molecule has 1 rings (SSSR count). The molecule has 1 aliphatic rings. The number of nitrogens with zero attached hydrogens (tertiary/aromatic N) is 3. The number of amides is 1. The lowest BCUT2D eigenvalue weighted by Crippen LogP contribution is -2.45. The quantitative estimate of drug-likeness (QED) is 0.261. The summed E-state index contributed by atoms with van der Waals surface area (Å²) in [6.07, 6.45) is 4.75. The Kier molecular flexibility index (Phi) is 12.5. The van der Waals surface area contributed by atoms with Gasteiger partial charge in [-0.2, -0.15) is 0 Å². The van der Waals surface area contributed by atoms with Crippen molar-refractivity contribution in [1.29, 1.82) is 0 Å². The third-order valence-corrected chi connectivity index (χ3v) is 4.10. The van der Waals surface area contributed by atoms with Gasteiger partial charge in [0.2, 0.25) is 5.91 Å². The summed E-state index contributed by atoms with van der Waals surface area (Å²) in [5, 5.41) is 6.73. The lowest BCUT2D eigenvalue weighted by atomic mass is 10.2. The van der Waals surface area contributed by atoms with Crippen LogP contribution in [0.4, 0.5) is 0 Å². The molecule has 0 bridgehead atoms. The molecule has 1 unspecified atom stereocenters. The molecular weight excluding hydrogens is 405 g/mol. The van der Waals surface area contributed by atoms with Crippen molar-refractivity contribution in [3.05, 3.63) is 0 Å². The van der Waals surface area contributed by atoms with Gasteiger partial charge in [0.05, 0.1) is 0 Å². The lowest BCUT2D eigenvalue weighted by molar-refractivity contribution is -0.127. The Labute approximate surface area is 158 Å². The largest absolute Gasteiger partial charge is 0.356 e. The molecule has 0 spiro atoms. The van der Waals surface area contributed by atoms with Crippen LogP contribution in [-0.4, -0.2) is 74.5 Å². The van der Waals surface area contributed by atoms with Crippen LogP contribution in [-0.2, 0) is 4.79 Å². The average Bonchev–Trinajstić information content (AvgIpc) is 2.96. The number of carbonyl (C=O) groups excluding carboxylic acids is 1. The normalized spacial score (nSPS) is 18.4. The molecular formula is C16H34IN5O. The summed E-state index contributed by atoms with van der Waals surface area (Å²) in [5.41, 5.74) is 0. The molecule has 2 N–H and O–H groups in total. The summed E-state index contributed by atoms with van der Waals surface area (Å²) in [5.74, 6) is 0.777. The van der Waals surface area contributed by atoms with Crippen LogP contribution in [0.15, 0.2) is 4.99 Å². The van der Waals surface area contributed by atoms with Gasteiger partial charge in [0.25, 0.3) is 0 Å². The van der Waals surface area contributed by atoms with Crippen molar-refractivity contribution in [2.75, 3.05) is 46.8 Å². The number of hydrogen-bond acceptors (Lipinski definition) is 3. The van der Waals surface area contributed by atoms with Crippen LogP contribution in [0.2, 0.25) is 0 Å². The van der Waals surface area contributed by atoms with E-state index in [4.69, 9.17) is 0 Å². The first-order valence-electron chi connectivity index (χ1n) is 8.54. The number of hydrogen-bond donors (Lipinski definition) is 2. The highest BCUT2D eigenvalue weighted by Crippen LogP contribution is 2.15. The van der Waals surface area contributed by atoms with Crippen molar-refractivity contribution in [2.24, 2.45) is 4.99 Å². The SMILES string of the molecule is CCCCNC(=NCC(=O)N(C)C)NCC1CCCN1CC.I. The fourth-order valence-corrected chi connectivity index (χ4v) is 2.60. The third kappa shape index (κ3) is 8.74. The number of likely N-dealkylation sites (N-methyl/N-ethyl adjacent to an activating group) is 2. The maximum atomic E-state index is 11.7. The fraction of sp³-hybridized carbons (Fsp3) is 0.875. The smallest absolute Gasteiger partial charge is 0.243 e. The average molecular weight is 439 g/mol. The van der Waals surface area contributed by atoms with Crippen molar-refractivity contribution < 1.29 is 4.79 Å². The van der Waals surface area contributed by atoms with E-state index in [-0.39, 0.29) is 36.4 Å². The van der Waals surface area contributed by atoms with Crippen molar-refractivity contribution in [2.45, 2.75) is 45.6 Å². The minimum atomic E-state index is 0. The second kappa shape index (κ2) is 12.8. The number of rotatable bonds is 8. The second-order valence-corrected chi connectivity index (χ2v) is 6.04. The van der Waals surface area contributed by atoms with Gasteiger partial charge in [0.1, 0.15) is 6.54 Å². The zero-order valence-corrected chi connectivity index (χ0v) is 17.4. The topological polar surface area (TPSA) is 60.0 Å². The van der Waals surface area contributed by atoms with Crippen molar-refractivity contribution >= 4 is 35.8 Å². The Hall–Kier alpha value is -0.570. The molecule has 136 valence electrons. The number of unbranched alkanes of at least 4 members (excludes halogenated alkanes) is 1. The first-order chi connectivity index (χ1) is 10.6. The summed E-state index contributed by atoms with van der Waals surface area (Å²) in [4.78, 5) is 20.2. The molecule has 1 heterocycles. The molecule has 7 heteroatoms. The van der Waals surface area contributed by atoms with Crippen LogP contribution in [0.3, 0.4) is 0 Å². The Morgan fingerprint density at radius 3 is 2.65 bits per heavy atom. The predicted molar refractivity (Wildman–Crippen MR) is 108 cm³/mol. The van der Waals surface area contributed by atoms with Gasteiger partial charge in [-0.05, 0) is 32.4 Å². The van der Waals surface area contributed by atoms with E-state index in [0.717, 1.165) is 38.4 Å². The summed E-state index contributed by atoms with van der Waals surface area (Å²) in [7, 11) is 3.51. The van der Waals surface area contributed by atoms with Crippen LogP contribution in [0.5, 0.6) is 0 Å². The molecule has 0 saturated carbocycles. The molecule has 1 amide bonds. The molecule has 0 aromatic rings. The highest BCUT2D eigenvalue weighted by Gasteiger charge is 2.22. The number of likely N-dealkylation sites (tertiary alicyclic amines) is 1. The van der Waals surface area contributed by atoms with E-state index in [2.05, 4.69) is 34.4 Å². The van der Waals surface area contributed by atoms with Crippen LogP contribution in [0.1, 0.15) is 39.5 Å². The molecule has 1 aliphatic heterocycles. The molecule has 0 aromatic carbocycles. The van der Waals surface area contributed by atoms with E-state index in [9.17, 15) is 4.79 Å². The van der Waals surface area contributed by atoms with E-state index >= 15 is 0 Å². The number of halogens is 1. The molecule has 0 aliphatic carbocycles. The van der Waals surface area contributed by atoms with Crippen molar-refractivity contribution in [3.8, 4) is 0 Å². The van der Waals surface area contributed by atoms with E-state index in [1.165, 1.54) is 19.4 Å². The fourth-order valence-electron chi connectivity index (χ4n) is 2.60. The second-order valence-electron chi connectivity index (χ2n) is 6.04.